The Labute approximate surface area is 151 Å². The summed E-state index contributed by atoms with van der Waals surface area (Å²) in [6, 6.07) is 2.05. The maximum absolute atomic E-state index is 12.3. The smallest absolute Gasteiger partial charge is 0.325 e. The lowest BCUT2D eigenvalue weighted by atomic mass is 10.2. The molecule has 4 amide bonds. The number of hydrogen-bond donors (Lipinski definition) is 2. The first kappa shape index (κ1) is 18.4. The van der Waals surface area contributed by atoms with E-state index in [0.717, 1.165) is 44.2 Å². The standard InChI is InChI=1S/C17H24N4O5/c22-15(18-4-2-5-20-6-9-25-10-7-20)11-14-16(23)21(17(24)19-14)12-13-3-1-8-26-13/h1,3,8,14H,2,4-7,9-12H2,(H,18,22)(H,19,24). The third-order valence-corrected chi connectivity index (χ3v) is 4.47. The molecule has 2 aliphatic heterocycles. The minimum absolute atomic E-state index is 0.0587. The fourth-order valence-corrected chi connectivity index (χ4v) is 3.04. The molecule has 142 valence electrons. The summed E-state index contributed by atoms with van der Waals surface area (Å²) in [4.78, 5) is 39.7. The quantitative estimate of drug-likeness (QED) is 0.494. The van der Waals surface area contributed by atoms with E-state index in [2.05, 4.69) is 15.5 Å². The van der Waals surface area contributed by atoms with Gasteiger partial charge < -0.3 is 19.8 Å². The molecule has 2 N–H and O–H groups in total. The molecule has 3 rings (SSSR count). The Morgan fingerprint density at radius 3 is 2.85 bits per heavy atom. The Morgan fingerprint density at radius 2 is 2.12 bits per heavy atom. The van der Waals surface area contributed by atoms with Crippen LogP contribution in [-0.4, -0.2) is 73.1 Å². The van der Waals surface area contributed by atoms with Gasteiger partial charge in [-0.1, -0.05) is 0 Å². The largest absolute Gasteiger partial charge is 0.467 e. The topological polar surface area (TPSA) is 104 Å². The van der Waals surface area contributed by atoms with E-state index in [4.69, 9.17) is 9.15 Å². The molecule has 9 nitrogen and oxygen atoms in total. The second kappa shape index (κ2) is 8.81. The van der Waals surface area contributed by atoms with E-state index in [0.29, 0.717) is 12.3 Å². The summed E-state index contributed by atoms with van der Waals surface area (Å²) < 4.78 is 10.5. The molecule has 0 bridgehead atoms. The zero-order valence-electron chi connectivity index (χ0n) is 14.6. The van der Waals surface area contributed by atoms with E-state index in [1.807, 2.05) is 0 Å². The summed E-state index contributed by atoms with van der Waals surface area (Å²) in [6.45, 7) is 4.86. The average Bonchev–Trinajstić information content (AvgIpc) is 3.24. The molecule has 0 spiro atoms. The van der Waals surface area contributed by atoms with Crippen LogP contribution >= 0.6 is 0 Å². The van der Waals surface area contributed by atoms with Crippen molar-refractivity contribution in [1.29, 1.82) is 0 Å². The number of nitrogens with zero attached hydrogens (tertiary/aromatic N) is 2. The van der Waals surface area contributed by atoms with Crippen molar-refractivity contribution >= 4 is 17.8 Å². The average molecular weight is 364 g/mol. The van der Waals surface area contributed by atoms with Crippen molar-refractivity contribution in [3.63, 3.8) is 0 Å². The number of rotatable bonds is 8. The molecular formula is C17H24N4O5. The van der Waals surface area contributed by atoms with Gasteiger partial charge in [-0.05, 0) is 25.1 Å². The first-order valence-electron chi connectivity index (χ1n) is 8.84. The number of carbonyl (C=O) groups is 3. The van der Waals surface area contributed by atoms with Gasteiger partial charge in [0.1, 0.15) is 11.8 Å². The number of nitrogens with one attached hydrogen (secondary N) is 2. The second-order valence-corrected chi connectivity index (χ2v) is 6.37. The number of amides is 4. The SMILES string of the molecule is O=C(CC1NC(=O)N(Cc2ccco2)C1=O)NCCCN1CCOCC1. The van der Waals surface area contributed by atoms with E-state index in [1.54, 1.807) is 12.1 Å². The lowest BCUT2D eigenvalue weighted by molar-refractivity contribution is -0.131. The fourth-order valence-electron chi connectivity index (χ4n) is 3.04. The predicted octanol–water partition coefficient (Wildman–Crippen LogP) is -0.0714. The highest BCUT2D eigenvalue weighted by atomic mass is 16.5. The normalized spacial score (nSPS) is 21.1. The van der Waals surface area contributed by atoms with Crippen LogP contribution in [0.5, 0.6) is 0 Å². The number of urea groups is 1. The van der Waals surface area contributed by atoms with Crippen molar-refractivity contribution in [2.24, 2.45) is 0 Å². The van der Waals surface area contributed by atoms with E-state index >= 15 is 0 Å². The van der Waals surface area contributed by atoms with Crippen LogP contribution in [-0.2, 0) is 20.9 Å². The number of furan rings is 1. The summed E-state index contributed by atoms with van der Waals surface area (Å²) in [5, 5.41) is 5.36. The number of carbonyl (C=O) groups excluding carboxylic acids is 3. The van der Waals surface area contributed by atoms with Gasteiger partial charge in [0.25, 0.3) is 5.91 Å². The first-order valence-corrected chi connectivity index (χ1v) is 8.84. The zero-order chi connectivity index (χ0) is 18.4. The van der Waals surface area contributed by atoms with Crippen LogP contribution in [0.1, 0.15) is 18.6 Å². The van der Waals surface area contributed by atoms with Gasteiger partial charge in [-0.3, -0.25) is 19.4 Å². The summed E-state index contributed by atoms with van der Waals surface area (Å²) >= 11 is 0. The molecule has 1 aromatic heterocycles. The molecule has 1 atom stereocenters. The number of hydrogen-bond acceptors (Lipinski definition) is 6. The van der Waals surface area contributed by atoms with E-state index < -0.39 is 18.0 Å². The Balaban J connectivity index is 1.37. The van der Waals surface area contributed by atoms with E-state index in [9.17, 15) is 14.4 Å². The highest BCUT2D eigenvalue weighted by Crippen LogP contribution is 2.14. The highest BCUT2D eigenvalue weighted by molar-refractivity contribution is 6.05. The Morgan fingerprint density at radius 1 is 1.31 bits per heavy atom. The molecule has 3 heterocycles. The molecule has 0 aromatic carbocycles. The first-order chi connectivity index (χ1) is 12.6. The van der Waals surface area contributed by atoms with Crippen LogP contribution < -0.4 is 10.6 Å². The Hall–Kier alpha value is -2.39. The molecule has 0 radical (unpaired) electrons. The van der Waals surface area contributed by atoms with Gasteiger partial charge in [0.15, 0.2) is 0 Å². The van der Waals surface area contributed by atoms with Crippen LogP contribution in [0.15, 0.2) is 22.8 Å². The van der Waals surface area contributed by atoms with Crippen molar-refractivity contribution in [1.82, 2.24) is 20.4 Å². The minimum atomic E-state index is -0.822. The van der Waals surface area contributed by atoms with Crippen LogP contribution in [0, 0.1) is 0 Å². The lowest BCUT2D eigenvalue weighted by Gasteiger charge is -2.26. The third kappa shape index (κ3) is 4.83. The number of imide groups is 1. The number of morpholine rings is 1. The molecule has 2 aliphatic rings. The fraction of sp³-hybridized carbons (Fsp3) is 0.588. The molecular weight excluding hydrogens is 340 g/mol. The van der Waals surface area contributed by atoms with Crippen molar-refractivity contribution in [3.8, 4) is 0 Å². The van der Waals surface area contributed by atoms with Crippen molar-refractivity contribution in [2.75, 3.05) is 39.4 Å². The van der Waals surface area contributed by atoms with Crippen LogP contribution in [0.4, 0.5) is 4.79 Å². The molecule has 1 unspecified atom stereocenters. The summed E-state index contributed by atoms with van der Waals surface area (Å²) in [5.41, 5.74) is 0. The van der Waals surface area contributed by atoms with E-state index in [-0.39, 0.29) is 18.9 Å². The molecule has 9 heteroatoms. The lowest BCUT2D eigenvalue weighted by Crippen LogP contribution is -2.39. The van der Waals surface area contributed by atoms with Crippen molar-refractivity contribution < 1.29 is 23.5 Å². The third-order valence-electron chi connectivity index (χ3n) is 4.47. The Bertz CT molecular complexity index is 627. The summed E-state index contributed by atoms with van der Waals surface area (Å²) in [6.07, 6.45) is 2.26. The van der Waals surface area contributed by atoms with Gasteiger partial charge >= 0.3 is 6.03 Å². The maximum atomic E-state index is 12.3. The molecule has 0 aliphatic carbocycles. The zero-order valence-corrected chi connectivity index (χ0v) is 14.6. The molecule has 2 saturated heterocycles. The monoisotopic (exact) mass is 364 g/mol. The highest BCUT2D eigenvalue weighted by Gasteiger charge is 2.39. The predicted molar refractivity (Wildman–Crippen MR) is 91.1 cm³/mol. The molecule has 26 heavy (non-hydrogen) atoms. The van der Waals surface area contributed by atoms with Gasteiger partial charge in [0, 0.05) is 19.6 Å². The van der Waals surface area contributed by atoms with Gasteiger partial charge in [-0.2, -0.15) is 0 Å². The maximum Gasteiger partial charge on any atom is 0.325 e. The summed E-state index contributed by atoms with van der Waals surface area (Å²) in [5.74, 6) is -0.137. The van der Waals surface area contributed by atoms with Gasteiger partial charge in [-0.15, -0.1) is 0 Å². The van der Waals surface area contributed by atoms with Crippen LogP contribution in [0.25, 0.3) is 0 Å². The van der Waals surface area contributed by atoms with Crippen LogP contribution in [0.2, 0.25) is 0 Å². The molecule has 1 aromatic rings. The van der Waals surface area contributed by atoms with Crippen molar-refractivity contribution in [3.05, 3.63) is 24.2 Å². The van der Waals surface area contributed by atoms with Gasteiger partial charge in [0.2, 0.25) is 5.91 Å². The van der Waals surface area contributed by atoms with Crippen LogP contribution in [0.3, 0.4) is 0 Å². The number of ether oxygens (including phenoxy) is 1. The van der Waals surface area contributed by atoms with Crippen molar-refractivity contribution in [2.45, 2.75) is 25.4 Å². The van der Waals surface area contributed by atoms with E-state index in [1.165, 1.54) is 6.26 Å². The summed E-state index contributed by atoms with van der Waals surface area (Å²) in [7, 11) is 0. The second-order valence-electron chi connectivity index (χ2n) is 6.37. The van der Waals surface area contributed by atoms with Gasteiger partial charge in [0.05, 0.1) is 32.4 Å². The Kier molecular flexibility index (Phi) is 6.24. The van der Waals surface area contributed by atoms with Gasteiger partial charge in [-0.25, -0.2) is 4.79 Å². The minimum Gasteiger partial charge on any atom is -0.467 e. The molecule has 2 fully saturated rings. The molecule has 0 saturated carbocycles.